The number of nitrogen functional groups attached to an aromatic ring is 1. The van der Waals surface area contributed by atoms with E-state index >= 15 is 0 Å². The number of carbonyl (C=O) groups excluding carboxylic acids is 2. The zero-order valence-corrected chi connectivity index (χ0v) is 10.1. The molecule has 0 unspecified atom stereocenters. The monoisotopic (exact) mass is 241 g/mol. The highest BCUT2D eigenvalue weighted by Crippen LogP contribution is 2.20. The third-order valence-electron chi connectivity index (χ3n) is 2.19. The van der Waals surface area contributed by atoms with Crippen LogP contribution in [0.5, 0.6) is 0 Å². The minimum Gasteiger partial charge on any atom is -0.397 e. The Morgan fingerprint density at radius 1 is 1.56 bits per heavy atom. The predicted octanol–water partition coefficient (Wildman–Crippen LogP) is 0.538. The second-order valence-corrected chi connectivity index (χ2v) is 4.27. The van der Waals surface area contributed by atoms with Crippen molar-refractivity contribution in [2.24, 2.45) is 0 Å². The Hall–Kier alpha value is -1.56. The second-order valence-electron chi connectivity index (χ2n) is 3.35. The Bertz CT molecular complexity index is 389. The molecule has 0 radical (unpaired) electrons. The number of hydrogen-bond acceptors (Lipinski definition) is 4. The van der Waals surface area contributed by atoms with E-state index in [2.05, 4.69) is 5.32 Å². The fraction of sp³-hybridized carbons (Fsp3) is 0.400. The average Bonchev–Trinajstić information content (AvgIpc) is 2.70. The molecule has 0 spiro atoms. The first-order valence-electron chi connectivity index (χ1n) is 4.85. The van der Waals surface area contributed by atoms with E-state index in [-0.39, 0.29) is 11.8 Å². The molecule has 0 aliphatic heterocycles. The Labute approximate surface area is 98.2 Å². The Morgan fingerprint density at radius 3 is 2.75 bits per heavy atom. The highest BCUT2D eigenvalue weighted by Gasteiger charge is 2.16. The van der Waals surface area contributed by atoms with Gasteiger partial charge in [0.1, 0.15) is 4.88 Å². The van der Waals surface area contributed by atoms with E-state index in [1.54, 1.807) is 25.5 Å². The standard InChI is InChI=1S/C10H15N3O2S/c1-12-8(14)3-5-13(2)10(15)9-7(11)4-6-16-9/h4,6H,3,5,11H2,1-2H3,(H,12,14). The first-order chi connectivity index (χ1) is 7.56. The Morgan fingerprint density at radius 2 is 2.25 bits per heavy atom. The Kier molecular flexibility index (Phi) is 4.30. The summed E-state index contributed by atoms with van der Waals surface area (Å²) in [5.74, 6) is -0.227. The van der Waals surface area contributed by atoms with Crippen molar-refractivity contribution >= 4 is 28.8 Å². The first-order valence-corrected chi connectivity index (χ1v) is 5.73. The van der Waals surface area contributed by atoms with Crippen LogP contribution in [0.3, 0.4) is 0 Å². The van der Waals surface area contributed by atoms with Gasteiger partial charge in [-0.3, -0.25) is 9.59 Å². The van der Waals surface area contributed by atoms with E-state index in [1.807, 2.05) is 0 Å². The Balaban J connectivity index is 2.55. The van der Waals surface area contributed by atoms with E-state index in [1.165, 1.54) is 16.2 Å². The van der Waals surface area contributed by atoms with Crippen LogP contribution in [-0.4, -0.2) is 37.4 Å². The van der Waals surface area contributed by atoms with E-state index in [4.69, 9.17) is 5.73 Å². The summed E-state index contributed by atoms with van der Waals surface area (Å²) in [5.41, 5.74) is 6.13. The number of thiophene rings is 1. The maximum atomic E-state index is 11.9. The van der Waals surface area contributed by atoms with Gasteiger partial charge in [-0.1, -0.05) is 0 Å². The molecule has 1 heterocycles. The van der Waals surface area contributed by atoms with Crippen molar-refractivity contribution in [3.8, 4) is 0 Å². The van der Waals surface area contributed by atoms with Crippen molar-refractivity contribution in [3.63, 3.8) is 0 Å². The molecular weight excluding hydrogens is 226 g/mol. The second kappa shape index (κ2) is 5.50. The van der Waals surface area contributed by atoms with E-state index in [0.29, 0.717) is 23.5 Å². The maximum absolute atomic E-state index is 11.9. The maximum Gasteiger partial charge on any atom is 0.265 e. The number of nitrogens with zero attached hydrogens (tertiary/aromatic N) is 1. The molecule has 1 aromatic heterocycles. The summed E-state index contributed by atoms with van der Waals surface area (Å²) in [4.78, 5) is 24.9. The lowest BCUT2D eigenvalue weighted by Crippen LogP contribution is -2.31. The van der Waals surface area contributed by atoms with Crippen LogP contribution < -0.4 is 11.1 Å². The summed E-state index contributed by atoms with van der Waals surface area (Å²) in [6.45, 7) is 0.385. The van der Waals surface area contributed by atoms with Crippen LogP contribution >= 0.6 is 11.3 Å². The van der Waals surface area contributed by atoms with Crippen LogP contribution in [0, 0.1) is 0 Å². The van der Waals surface area contributed by atoms with Crippen LogP contribution in [0.25, 0.3) is 0 Å². The van der Waals surface area contributed by atoms with Crippen molar-refractivity contribution in [2.45, 2.75) is 6.42 Å². The zero-order valence-electron chi connectivity index (χ0n) is 9.32. The van der Waals surface area contributed by atoms with Crippen molar-refractivity contribution < 1.29 is 9.59 Å². The summed E-state index contributed by atoms with van der Waals surface area (Å²) < 4.78 is 0. The molecule has 0 saturated heterocycles. The highest BCUT2D eigenvalue weighted by atomic mass is 32.1. The smallest absolute Gasteiger partial charge is 0.265 e. The lowest BCUT2D eigenvalue weighted by atomic mass is 10.3. The fourth-order valence-electron chi connectivity index (χ4n) is 1.16. The van der Waals surface area contributed by atoms with Gasteiger partial charge in [0.25, 0.3) is 5.91 Å². The molecule has 0 aromatic carbocycles. The van der Waals surface area contributed by atoms with Gasteiger partial charge in [-0.25, -0.2) is 0 Å². The summed E-state index contributed by atoms with van der Waals surface area (Å²) in [6, 6.07) is 1.70. The van der Waals surface area contributed by atoms with Crippen molar-refractivity contribution in [2.75, 3.05) is 26.4 Å². The quantitative estimate of drug-likeness (QED) is 0.807. The van der Waals surface area contributed by atoms with Gasteiger partial charge in [0, 0.05) is 27.1 Å². The molecule has 5 nitrogen and oxygen atoms in total. The molecule has 0 atom stereocenters. The molecule has 0 bridgehead atoms. The number of nitrogens with one attached hydrogen (secondary N) is 1. The minimum absolute atomic E-state index is 0.0844. The van der Waals surface area contributed by atoms with Gasteiger partial charge in [-0.2, -0.15) is 0 Å². The molecule has 0 aliphatic carbocycles. The van der Waals surface area contributed by atoms with E-state index in [9.17, 15) is 9.59 Å². The van der Waals surface area contributed by atoms with Gasteiger partial charge < -0.3 is 16.0 Å². The summed E-state index contributed by atoms with van der Waals surface area (Å²) >= 11 is 1.31. The van der Waals surface area contributed by atoms with Gasteiger partial charge in [0.2, 0.25) is 5.91 Å². The normalized spacial score (nSPS) is 9.88. The van der Waals surface area contributed by atoms with Gasteiger partial charge in [0.05, 0.1) is 5.69 Å². The van der Waals surface area contributed by atoms with E-state index < -0.39 is 0 Å². The fourth-order valence-corrected chi connectivity index (χ4v) is 1.97. The van der Waals surface area contributed by atoms with Crippen LogP contribution in [0.4, 0.5) is 5.69 Å². The van der Waals surface area contributed by atoms with E-state index in [0.717, 1.165) is 0 Å². The minimum atomic E-state index is -0.142. The number of anilines is 1. The summed E-state index contributed by atoms with van der Waals surface area (Å²) in [6.07, 6.45) is 0.296. The SMILES string of the molecule is CNC(=O)CCN(C)C(=O)c1sccc1N. The highest BCUT2D eigenvalue weighted by molar-refractivity contribution is 7.12. The summed E-state index contributed by atoms with van der Waals surface area (Å²) in [5, 5.41) is 4.28. The molecule has 1 aromatic rings. The molecule has 3 N–H and O–H groups in total. The lowest BCUT2D eigenvalue weighted by molar-refractivity contribution is -0.120. The topological polar surface area (TPSA) is 75.4 Å². The van der Waals surface area contributed by atoms with Crippen molar-refractivity contribution in [1.82, 2.24) is 10.2 Å². The molecule has 0 saturated carbocycles. The molecule has 1 rings (SSSR count). The molecule has 16 heavy (non-hydrogen) atoms. The van der Waals surface area contributed by atoms with Gasteiger partial charge >= 0.3 is 0 Å². The number of hydrogen-bond donors (Lipinski definition) is 2. The number of amides is 2. The molecule has 88 valence electrons. The number of carbonyl (C=O) groups is 2. The van der Waals surface area contributed by atoms with Crippen LogP contribution in [0.15, 0.2) is 11.4 Å². The lowest BCUT2D eigenvalue weighted by Gasteiger charge is -2.15. The van der Waals surface area contributed by atoms with Gasteiger partial charge in [-0.05, 0) is 11.4 Å². The first kappa shape index (κ1) is 12.5. The number of nitrogens with two attached hydrogens (primary N) is 1. The van der Waals surface area contributed by atoms with Gasteiger partial charge in [-0.15, -0.1) is 11.3 Å². The largest absolute Gasteiger partial charge is 0.397 e. The van der Waals surface area contributed by atoms with Crippen LogP contribution in [0.1, 0.15) is 16.1 Å². The molecule has 6 heteroatoms. The van der Waals surface area contributed by atoms with Crippen LogP contribution in [-0.2, 0) is 4.79 Å². The molecule has 2 amide bonds. The van der Waals surface area contributed by atoms with Crippen molar-refractivity contribution in [1.29, 1.82) is 0 Å². The predicted molar refractivity (Wildman–Crippen MR) is 64.4 cm³/mol. The third kappa shape index (κ3) is 2.96. The third-order valence-corrected chi connectivity index (χ3v) is 3.11. The van der Waals surface area contributed by atoms with Crippen LogP contribution in [0.2, 0.25) is 0 Å². The molecular formula is C10H15N3O2S. The zero-order chi connectivity index (χ0) is 12.1. The number of rotatable bonds is 4. The van der Waals surface area contributed by atoms with Gasteiger partial charge in [0.15, 0.2) is 0 Å². The summed E-state index contributed by atoms with van der Waals surface area (Å²) in [7, 11) is 3.23. The molecule has 0 aliphatic rings. The average molecular weight is 241 g/mol. The van der Waals surface area contributed by atoms with Crippen molar-refractivity contribution in [3.05, 3.63) is 16.3 Å². The molecule has 0 fully saturated rings.